The van der Waals surface area contributed by atoms with E-state index in [-0.39, 0.29) is 0 Å². The highest BCUT2D eigenvalue weighted by atomic mass is 16.5. The standard InChI is InChI=1S/C15H24O2/c1-4-14-6-5-7-15(12-14)17-11-10-16-9-8-13(2)3/h5-7,12-13H,4,8-11H2,1-3H3. The SMILES string of the molecule is CCc1cccc(OCCOCCC(C)C)c1. The summed E-state index contributed by atoms with van der Waals surface area (Å²) in [6.45, 7) is 8.69. The van der Waals surface area contributed by atoms with E-state index in [9.17, 15) is 0 Å². The summed E-state index contributed by atoms with van der Waals surface area (Å²) in [5.74, 6) is 1.65. The molecule has 2 nitrogen and oxygen atoms in total. The lowest BCUT2D eigenvalue weighted by molar-refractivity contribution is 0.0925. The predicted octanol–water partition coefficient (Wildman–Crippen LogP) is 3.69. The molecule has 0 bridgehead atoms. The molecule has 0 saturated carbocycles. The lowest BCUT2D eigenvalue weighted by Gasteiger charge is -2.09. The minimum atomic E-state index is 0.630. The van der Waals surface area contributed by atoms with Crippen molar-refractivity contribution < 1.29 is 9.47 Å². The van der Waals surface area contributed by atoms with Crippen molar-refractivity contribution in [3.8, 4) is 5.75 Å². The molecule has 2 heteroatoms. The van der Waals surface area contributed by atoms with E-state index in [0.717, 1.165) is 25.2 Å². The highest BCUT2D eigenvalue weighted by Gasteiger charge is 1.97. The number of hydrogen-bond donors (Lipinski definition) is 0. The van der Waals surface area contributed by atoms with E-state index in [4.69, 9.17) is 9.47 Å². The Labute approximate surface area is 105 Å². The summed E-state index contributed by atoms with van der Waals surface area (Å²) in [6.07, 6.45) is 2.16. The van der Waals surface area contributed by atoms with Gasteiger partial charge < -0.3 is 9.47 Å². The lowest BCUT2D eigenvalue weighted by Crippen LogP contribution is -2.08. The van der Waals surface area contributed by atoms with E-state index >= 15 is 0 Å². The fraction of sp³-hybridized carbons (Fsp3) is 0.600. The molecule has 96 valence electrons. The van der Waals surface area contributed by atoms with Crippen LogP contribution in [0.2, 0.25) is 0 Å². The monoisotopic (exact) mass is 236 g/mol. The summed E-state index contributed by atoms with van der Waals surface area (Å²) >= 11 is 0. The molecule has 0 aromatic heterocycles. The topological polar surface area (TPSA) is 18.5 Å². The number of ether oxygens (including phenoxy) is 2. The van der Waals surface area contributed by atoms with Gasteiger partial charge in [-0.1, -0.05) is 32.9 Å². The average molecular weight is 236 g/mol. The van der Waals surface area contributed by atoms with Gasteiger partial charge in [0.1, 0.15) is 12.4 Å². The Bertz CT molecular complexity index is 308. The summed E-state index contributed by atoms with van der Waals surface area (Å²) in [6, 6.07) is 8.24. The third-order valence-corrected chi connectivity index (χ3v) is 2.64. The van der Waals surface area contributed by atoms with Gasteiger partial charge in [-0.2, -0.15) is 0 Å². The van der Waals surface area contributed by atoms with Gasteiger partial charge >= 0.3 is 0 Å². The molecule has 0 N–H and O–H groups in total. The first-order chi connectivity index (χ1) is 8.22. The van der Waals surface area contributed by atoms with Crippen molar-refractivity contribution in [2.24, 2.45) is 5.92 Å². The van der Waals surface area contributed by atoms with Gasteiger partial charge in [0, 0.05) is 6.61 Å². The summed E-state index contributed by atoms with van der Waals surface area (Å²) in [5, 5.41) is 0. The molecule has 0 aliphatic heterocycles. The summed E-state index contributed by atoms with van der Waals surface area (Å²) in [5.41, 5.74) is 1.31. The molecule has 0 aliphatic carbocycles. The molecule has 1 aromatic carbocycles. The van der Waals surface area contributed by atoms with Crippen molar-refractivity contribution in [2.45, 2.75) is 33.6 Å². The zero-order valence-corrected chi connectivity index (χ0v) is 11.2. The molecule has 0 amide bonds. The van der Waals surface area contributed by atoms with Crippen LogP contribution in [0.4, 0.5) is 0 Å². The van der Waals surface area contributed by atoms with Crippen molar-refractivity contribution in [3.05, 3.63) is 29.8 Å². The van der Waals surface area contributed by atoms with Crippen molar-refractivity contribution in [3.63, 3.8) is 0 Å². The smallest absolute Gasteiger partial charge is 0.119 e. The van der Waals surface area contributed by atoms with Gasteiger partial charge in [0.25, 0.3) is 0 Å². The van der Waals surface area contributed by atoms with Gasteiger partial charge in [0.2, 0.25) is 0 Å². The van der Waals surface area contributed by atoms with Crippen LogP contribution >= 0.6 is 0 Å². The minimum Gasteiger partial charge on any atom is -0.491 e. The summed E-state index contributed by atoms with van der Waals surface area (Å²) in [7, 11) is 0. The molecule has 0 spiro atoms. The number of rotatable bonds is 8. The van der Waals surface area contributed by atoms with Gasteiger partial charge in [-0.15, -0.1) is 0 Å². The Hall–Kier alpha value is -1.02. The fourth-order valence-electron chi connectivity index (χ4n) is 1.49. The van der Waals surface area contributed by atoms with Crippen molar-refractivity contribution >= 4 is 0 Å². The Morgan fingerprint density at radius 1 is 1.12 bits per heavy atom. The zero-order chi connectivity index (χ0) is 12.5. The second kappa shape index (κ2) is 8.13. The Morgan fingerprint density at radius 3 is 2.65 bits per heavy atom. The van der Waals surface area contributed by atoms with Crippen molar-refractivity contribution in [2.75, 3.05) is 19.8 Å². The first-order valence-electron chi connectivity index (χ1n) is 6.52. The van der Waals surface area contributed by atoms with E-state index in [1.807, 2.05) is 12.1 Å². The number of benzene rings is 1. The highest BCUT2D eigenvalue weighted by Crippen LogP contribution is 2.13. The largest absolute Gasteiger partial charge is 0.491 e. The summed E-state index contributed by atoms with van der Waals surface area (Å²) in [4.78, 5) is 0. The molecule has 0 heterocycles. The van der Waals surface area contributed by atoms with E-state index in [0.29, 0.717) is 19.1 Å². The first-order valence-corrected chi connectivity index (χ1v) is 6.52. The minimum absolute atomic E-state index is 0.630. The Morgan fingerprint density at radius 2 is 1.94 bits per heavy atom. The van der Waals surface area contributed by atoms with E-state index < -0.39 is 0 Å². The summed E-state index contributed by atoms with van der Waals surface area (Å²) < 4.78 is 11.1. The zero-order valence-electron chi connectivity index (χ0n) is 11.2. The third kappa shape index (κ3) is 6.32. The number of aryl methyl sites for hydroxylation is 1. The van der Waals surface area contributed by atoms with Crippen LogP contribution < -0.4 is 4.74 Å². The van der Waals surface area contributed by atoms with E-state index in [1.54, 1.807) is 0 Å². The fourth-order valence-corrected chi connectivity index (χ4v) is 1.49. The molecule has 1 rings (SSSR count). The lowest BCUT2D eigenvalue weighted by atomic mass is 10.1. The average Bonchev–Trinajstić information content (AvgIpc) is 2.33. The number of hydrogen-bond acceptors (Lipinski definition) is 2. The highest BCUT2D eigenvalue weighted by molar-refractivity contribution is 5.28. The second-order valence-electron chi connectivity index (χ2n) is 4.64. The van der Waals surface area contributed by atoms with E-state index in [1.165, 1.54) is 5.56 Å². The molecule has 0 atom stereocenters. The van der Waals surface area contributed by atoms with Gasteiger partial charge in [0.15, 0.2) is 0 Å². The van der Waals surface area contributed by atoms with Gasteiger partial charge in [-0.25, -0.2) is 0 Å². The van der Waals surface area contributed by atoms with Crippen LogP contribution in [0.1, 0.15) is 32.8 Å². The van der Waals surface area contributed by atoms with Crippen LogP contribution in [0.15, 0.2) is 24.3 Å². The van der Waals surface area contributed by atoms with Crippen LogP contribution in [-0.4, -0.2) is 19.8 Å². The van der Waals surface area contributed by atoms with Crippen molar-refractivity contribution in [1.82, 2.24) is 0 Å². The maximum atomic E-state index is 5.63. The molecule has 0 unspecified atom stereocenters. The Kier molecular flexibility index (Phi) is 6.71. The van der Waals surface area contributed by atoms with Gasteiger partial charge in [0.05, 0.1) is 6.61 Å². The third-order valence-electron chi connectivity index (χ3n) is 2.64. The molecular weight excluding hydrogens is 212 g/mol. The molecule has 0 fully saturated rings. The Balaban J connectivity index is 2.13. The maximum absolute atomic E-state index is 5.63. The predicted molar refractivity (Wildman–Crippen MR) is 71.6 cm³/mol. The van der Waals surface area contributed by atoms with Crippen LogP contribution in [0.3, 0.4) is 0 Å². The van der Waals surface area contributed by atoms with Gasteiger partial charge in [-0.3, -0.25) is 0 Å². The first kappa shape index (κ1) is 14.0. The van der Waals surface area contributed by atoms with Crippen LogP contribution in [0.5, 0.6) is 5.75 Å². The molecule has 0 saturated heterocycles. The quantitative estimate of drug-likeness (QED) is 0.641. The maximum Gasteiger partial charge on any atom is 0.119 e. The van der Waals surface area contributed by atoms with Crippen LogP contribution in [0.25, 0.3) is 0 Å². The van der Waals surface area contributed by atoms with Crippen LogP contribution in [-0.2, 0) is 11.2 Å². The molecule has 1 aromatic rings. The second-order valence-corrected chi connectivity index (χ2v) is 4.64. The molecule has 0 radical (unpaired) electrons. The molecule has 0 aliphatic rings. The van der Waals surface area contributed by atoms with Gasteiger partial charge in [-0.05, 0) is 36.5 Å². The van der Waals surface area contributed by atoms with Crippen molar-refractivity contribution in [1.29, 1.82) is 0 Å². The normalized spacial score (nSPS) is 10.8. The molecular formula is C15H24O2. The molecule has 17 heavy (non-hydrogen) atoms. The van der Waals surface area contributed by atoms with E-state index in [2.05, 4.69) is 32.9 Å². The van der Waals surface area contributed by atoms with Crippen LogP contribution in [0, 0.1) is 5.92 Å².